The molecule has 0 aromatic carbocycles. The fourth-order valence-corrected chi connectivity index (χ4v) is 2.18. The van der Waals surface area contributed by atoms with Gasteiger partial charge < -0.3 is 0 Å². The largest absolute Gasteiger partial charge is 0.292 e. The Kier molecular flexibility index (Phi) is 2.88. The number of fused-ring (bicyclic) bond motifs is 1. The van der Waals surface area contributed by atoms with Crippen LogP contribution in [0.1, 0.15) is 24.3 Å². The monoisotopic (exact) mass is 254 g/mol. The van der Waals surface area contributed by atoms with Gasteiger partial charge in [0.25, 0.3) is 5.91 Å². The van der Waals surface area contributed by atoms with E-state index >= 15 is 0 Å². The smallest absolute Gasteiger partial charge is 0.284 e. The summed E-state index contributed by atoms with van der Waals surface area (Å²) in [7, 11) is 0. The van der Waals surface area contributed by atoms with Crippen LogP contribution in [-0.4, -0.2) is 44.5 Å². The lowest BCUT2D eigenvalue weighted by atomic mass is 10.3. The zero-order valence-corrected chi connectivity index (χ0v) is 10.2. The third-order valence-electron chi connectivity index (χ3n) is 2.48. The molecule has 1 aliphatic rings. The summed E-state index contributed by atoms with van der Waals surface area (Å²) in [5, 5.41) is 0. The van der Waals surface area contributed by atoms with Crippen LogP contribution in [0.15, 0.2) is 0 Å². The van der Waals surface area contributed by atoms with Crippen molar-refractivity contribution in [3.63, 3.8) is 0 Å². The molecule has 1 aliphatic heterocycles. The van der Waals surface area contributed by atoms with Crippen molar-refractivity contribution in [1.29, 1.82) is 0 Å². The molecule has 0 saturated heterocycles. The standard InChI is InChI=1S/C9H10N4O3S/c1-5(14)12-3-4-13(6(2)15)9(16)7-8(12)11-17-10-7/h3-4H2,1-2H3. The SMILES string of the molecule is CC(=O)N1CCN(C(C)=O)c2nsnc2C1=O. The molecule has 8 heteroatoms. The molecule has 2 heterocycles. The number of anilines is 1. The van der Waals surface area contributed by atoms with Gasteiger partial charge in [0.1, 0.15) is 0 Å². The molecule has 0 aliphatic carbocycles. The van der Waals surface area contributed by atoms with E-state index in [4.69, 9.17) is 0 Å². The lowest BCUT2D eigenvalue weighted by molar-refractivity contribution is -0.126. The third kappa shape index (κ3) is 1.91. The first-order valence-corrected chi connectivity index (χ1v) is 5.68. The molecule has 7 nitrogen and oxygen atoms in total. The first kappa shape index (κ1) is 11.6. The van der Waals surface area contributed by atoms with Crippen LogP contribution in [0.25, 0.3) is 0 Å². The van der Waals surface area contributed by atoms with Gasteiger partial charge in [0, 0.05) is 26.9 Å². The molecule has 0 radical (unpaired) electrons. The van der Waals surface area contributed by atoms with Gasteiger partial charge in [-0.3, -0.25) is 24.2 Å². The van der Waals surface area contributed by atoms with E-state index in [9.17, 15) is 14.4 Å². The van der Waals surface area contributed by atoms with E-state index in [1.165, 1.54) is 18.7 Å². The topological polar surface area (TPSA) is 83.5 Å². The zero-order valence-electron chi connectivity index (χ0n) is 9.34. The molecule has 0 spiro atoms. The number of carbonyl (C=O) groups is 3. The van der Waals surface area contributed by atoms with Crippen LogP contribution in [0.4, 0.5) is 5.82 Å². The van der Waals surface area contributed by atoms with Gasteiger partial charge in [0.15, 0.2) is 11.5 Å². The van der Waals surface area contributed by atoms with Crippen LogP contribution in [-0.2, 0) is 9.59 Å². The molecule has 3 amide bonds. The summed E-state index contributed by atoms with van der Waals surface area (Å²) >= 11 is 0.851. The van der Waals surface area contributed by atoms with Gasteiger partial charge in [0.05, 0.1) is 11.7 Å². The number of rotatable bonds is 0. The van der Waals surface area contributed by atoms with Crippen LogP contribution < -0.4 is 4.90 Å². The minimum absolute atomic E-state index is 0.0675. The van der Waals surface area contributed by atoms with Gasteiger partial charge in [-0.25, -0.2) is 0 Å². The lowest BCUT2D eigenvalue weighted by Gasteiger charge is -2.18. The Morgan fingerprint density at radius 3 is 2.29 bits per heavy atom. The average molecular weight is 254 g/mol. The molecule has 0 unspecified atom stereocenters. The number of nitrogens with zero attached hydrogens (tertiary/aromatic N) is 4. The minimum Gasteiger partial charge on any atom is -0.292 e. The fraction of sp³-hybridized carbons (Fsp3) is 0.444. The molecular formula is C9H10N4O3S. The molecule has 0 N–H and O–H groups in total. The van der Waals surface area contributed by atoms with Crippen molar-refractivity contribution in [1.82, 2.24) is 13.6 Å². The van der Waals surface area contributed by atoms with Gasteiger partial charge in [-0.05, 0) is 0 Å². The van der Waals surface area contributed by atoms with E-state index in [0.717, 1.165) is 16.6 Å². The van der Waals surface area contributed by atoms with Gasteiger partial charge in [-0.15, -0.1) is 0 Å². The summed E-state index contributed by atoms with van der Waals surface area (Å²) in [6, 6.07) is 0. The highest BCUT2D eigenvalue weighted by molar-refractivity contribution is 6.99. The van der Waals surface area contributed by atoms with Crippen molar-refractivity contribution in [3.05, 3.63) is 5.69 Å². The van der Waals surface area contributed by atoms with Crippen molar-refractivity contribution >= 4 is 35.3 Å². The summed E-state index contributed by atoms with van der Waals surface area (Å²) in [5.41, 5.74) is 0.0675. The Morgan fingerprint density at radius 2 is 1.71 bits per heavy atom. The second kappa shape index (κ2) is 4.21. The van der Waals surface area contributed by atoms with Crippen LogP contribution in [0.5, 0.6) is 0 Å². The number of carbonyl (C=O) groups excluding carboxylic acids is 3. The molecule has 17 heavy (non-hydrogen) atoms. The summed E-state index contributed by atoms with van der Waals surface area (Å²) in [6.45, 7) is 3.10. The molecule has 0 saturated carbocycles. The van der Waals surface area contributed by atoms with Crippen LogP contribution in [0.2, 0.25) is 0 Å². The van der Waals surface area contributed by atoms with E-state index in [1.54, 1.807) is 0 Å². The normalized spacial score (nSPS) is 15.5. The average Bonchev–Trinajstić information content (AvgIpc) is 2.66. The minimum atomic E-state index is -0.495. The Hall–Kier alpha value is -1.83. The van der Waals surface area contributed by atoms with Gasteiger partial charge in [-0.1, -0.05) is 0 Å². The van der Waals surface area contributed by atoms with Gasteiger partial charge >= 0.3 is 0 Å². The maximum absolute atomic E-state index is 12.0. The quantitative estimate of drug-likeness (QED) is 0.645. The first-order valence-electron chi connectivity index (χ1n) is 4.95. The maximum Gasteiger partial charge on any atom is 0.284 e. The summed E-state index contributed by atoms with van der Waals surface area (Å²) in [5.74, 6) is -0.835. The summed E-state index contributed by atoms with van der Waals surface area (Å²) < 4.78 is 7.80. The number of amides is 3. The molecule has 2 rings (SSSR count). The first-order chi connectivity index (χ1) is 8.02. The van der Waals surface area contributed by atoms with E-state index < -0.39 is 5.91 Å². The molecule has 0 bridgehead atoms. The lowest BCUT2D eigenvalue weighted by Crippen LogP contribution is -2.39. The van der Waals surface area contributed by atoms with Gasteiger partial charge in [0.2, 0.25) is 11.8 Å². The van der Waals surface area contributed by atoms with E-state index in [-0.39, 0.29) is 36.4 Å². The molecule has 0 atom stereocenters. The second-order valence-corrected chi connectivity index (χ2v) is 4.11. The predicted octanol–water partition coefficient (Wildman–Crippen LogP) is -0.107. The molecule has 0 fully saturated rings. The number of imide groups is 1. The molecule has 1 aromatic rings. The predicted molar refractivity (Wildman–Crippen MR) is 59.7 cm³/mol. The van der Waals surface area contributed by atoms with Crippen molar-refractivity contribution < 1.29 is 14.4 Å². The summed E-state index contributed by atoms with van der Waals surface area (Å²) in [4.78, 5) is 37.2. The Morgan fingerprint density at radius 1 is 1.12 bits per heavy atom. The van der Waals surface area contributed by atoms with Crippen molar-refractivity contribution in [2.45, 2.75) is 13.8 Å². The highest BCUT2D eigenvalue weighted by Crippen LogP contribution is 2.22. The van der Waals surface area contributed by atoms with Crippen molar-refractivity contribution in [2.75, 3.05) is 18.0 Å². The van der Waals surface area contributed by atoms with E-state index in [0.29, 0.717) is 0 Å². The fourth-order valence-electron chi connectivity index (χ4n) is 1.64. The number of aromatic nitrogens is 2. The molecule has 1 aromatic heterocycles. The van der Waals surface area contributed by atoms with E-state index in [2.05, 4.69) is 8.75 Å². The molecule has 90 valence electrons. The molecular weight excluding hydrogens is 244 g/mol. The van der Waals surface area contributed by atoms with Crippen molar-refractivity contribution in [3.8, 4) is 0 Å². The Balaban J connectivity index is 2.47. The van der Waals surface area contributed by atoms with Crippen LogP contribution >= 0.6 is 11.7 Å². The Labute approximate surface area is 101 Å². The van der Waals surface area contributed by atoms with E-state index in [1.807, 2.05) is 0 Å². The highest BCUT2D eigenvalue weighted by atomic mass is 32.1. The van der Waals surface area contributed by atoms with Crippen LogP contribution in [0, 0.1) is 0 Å². The maximum atomic E-state index is 12.0. The Bertz CT molecular complexity index is 498. The number of hydrogen-bond donors (Lipinski definition) is 0. The summed E-state index contributed by atoms with van der Waals surface area (Å²) in [6.07, 6.45) is 0. The number of hydrogen-bond acceptors (Lipinski definition) is 6. The van der Waals surface area contributed by atoms with Crippen molar-refractivity contribution in [2.24, 2.45) is 0 Å². The van der Waals surface area contributed by atoms with Gasteiger partial charge in [-0.2, -0.15) is 8.75 Å². The zero-order chi connectivity index (χ0) is 12.6. The second-order valence-electron chi connectivity index (χ2n) is 3.58. The third-order valence-corrected chi connectivity index (χ3v) is 3.00. The van der Waals surface area contributed by atoms with Crippen LogP contribution in [0.3, 0.4) is 0 Å². The highest BCUT2D eigenvalue weighted by Gasteiger charge is 2.33.